The third kappa shape index (κ3) is 3.81. The normalized spacial score (nSPS) is 12.5. The van der Waals surface area contributed by atoms with Crippen molar-refractivity contribution in [3.8, 4) is 5.75 Å². The van der Waals surface area contributed by atoms with E-state index >= 15 is 0 Å². The fourth-order valence-electron chi connectivity index (χ4n) is 2.39. The molecule has 3 N–H and O–H groups in total. The first-order valence-electron chi connectivity index (χ1n) is 7.75. The number of H-pyrrole nitrogens is 1. The summed E-state index contributed by atoms with van der Waals surface area (Å²) in [5.41, 5.74) is 2.71. The third-order valence-corrected chi connectivity index (χ3v) is 3.49. The number of hydrogen-bond donors (Lipinski definition) is 3. The number of aromatic amines is 1. The lowest BCUT2D eigenvalue weighted by molar-refractivity contribution is 0.191. The molecule has 5 heteroatoms. The van der Waals surface area contributed by atoms with Crippen molar-refractivity contribution in [1.29, 1.82) is 0 Å². The van der Waals surface area contributed by atoms with Crippen molar-refractivity contribution in [3.63, 3.8) is 0 Å². The Morgan fingerprint density at radius 3 is 2.57 bits per heavy atom. The van der Waals surface area contributed by atoms with E-state index in [1.165, 1.54) is 0 Å². The van der Waals surface area contributed by atoms with Crippen molar-refractivity contribution >= 4 is 17.0 Å². The molecule has 1 atom stereocenters. The minimum atomic E-state index is -0.615. The monoisotopic (exact) mass is 311 g/mol. The van der Waals surface area contributed by atoms with E-state index in [1.807, 2.05) is 62.4 Å². The number of aliphatic hydroxyl groups is 1. The largest absolute Gasteiger partial charge is 0.491 e. The molecule has 1 heterocycles. The van der Waals surface area contributed by atoms with Crippen molar-refractivity contribution in [3.05, 3.63) is 54.1 Å². The van der Waals surface area contributed by atoms with E-state index in [2.05, 4.69) is 15.3 Å². The van der Waals surface area contributed by atoms with Crippen molar-refractivity contribution in [2.75, 3.05) is 11.9 Å². The van der Waals surface area contributed by atoms with Gasteiger partial charge in [0.15, 0.2) is 0 Å². The van der Waals surface area contributed by atoms with E-state index in [1.54, 1.807) is 0 Å². The van der Waals surface area contributed by atoms with Crippen LogP contribution in [0.15, 0.2) is 48.5 Å². The molecular formula is C18H21N3O2. The second kappa shape index (κ2) is 6.71. The average molecular weight is 311 g/mol. The van der Waals surface area contributed by atoms with Gasteiger partial charge in [0.05, 0.1) is 23.2 Å². The van der Waals surface area contributed by atoms with Gasteiger partial charge in [0.25, 0.3) is 0 Å². The van der Waals surface area contributed by atoms with Crippen molar-refractivity contribution < 1.29 is 9.84 Å². The minimum Gasteiger partial charge on any atom is -0.491 e. The molecule has 0 bridgehead atoms. The second-order valence-corrected chi connectivity index (χ2v) is 5.73. The maximum Gasteiger partial charge on any atom is 0.201 e. The summed E-state index contributed by atoms with van der Waals surface area (Å²) in [7, 11) is 0. The van der Waals surface area contributed by atoms with E-state index in [0.29, 0.717) is 12.5 Å². The van der Waals surface area contributed by atoms with Gasteiger partial charge in [-0.1, -0.05) is 24.3 Å². The average Bonchev–Trinajstić information content (AvgIpc) is 2.95. The molecule has 1 unspecified atom stereocenters. The Bertz CT molecular complexity index is 732. The zero-order valence-electron chi connectivity index (χ0n) is 13.3. The molecule has 5 nitrogen and oxygen atoms in total. The van der Waals surface area contributed by atoms with Gasteiger partial charge in [0.2, 0.25) is 5.95 Å². The fraction of sp³-hybridized carbons (Fsp3) is 0.278. The van der Waals surface area contributed by atoms with Crippen LogP contribution in [0.5, 0.6) is 5.75 Å². The molecule has 0 saturated carbocycles. The van der Waals surface area contributed by atoms with Crippen LogP contribution in [-0.2, 0) is 0 Å². The van der Waals surface area contributed by atoms with Crippen molar-refractivity contribution in [1.82, 2.24) is 9.97 Å². The van der Waals surface area contributed by atoms with E-state index in [9.17, 15) is 5.11 Å². The van der Waals surface area contributed by atoms with Gasteiger partial charge in [-0.2, -0.15) is 0 Å². The Balaban J connectivity index is 1.61. The number of benzene rings is 2. The van der Waals surface area contributed by atoms with Crippen LogP contribution in [0.25, 0.3) is 11.0 Å². The van der Waals surface area contributed by atoms with E-state index in [4.69, 9.17) is 4.74 Å². The predicted molar refractivity (Wildman–Crippen MR) is 91.7 cm³/mol. The maximum atomic E-state index is 10.3. The Hall–Kier alpha value is -2.53. The molecule has 0 amide bonds. The highest BCUT2D eigenvalue weighted by Gasteiger charge is 2.09. The van der Waals surface area contributed by atoms with Crippen molar-refractivity contribution in [2.45, 2.75) is 26.1 Å². The van der Waals surface area contributed by atoms with Crippen LogP contribution in [0.3, 0.4) is 0 Å². The van der Waals surface area contributed by atoms with E-state index in [0.717, 1.165) is 22.3 Å². The zero-order chi connectivity index (χ0) is 16.2. The summed E-state index contributed by atoms with van der Waals surface area (Å²) in [4.78, 5) is 7.61. The molecule has 0 saturated heterocycles. The molecule has 0 spiro atoms. The third-order valence-electron chi connectivity index (χ3n) is 3.49. The predicted octanol–water partition coefficient (Wildman–Crippen LogP) is 3.50. The molecule has 0 aliphatic rings. The summed E-state index contributed by atoms with van der Waals surface area (Å²) in [6, 6.07) is 15.3. The van der Waals surface area contributed by atoms with E-state index in [-0.39, 0.29) is 6.10 Å². The van der Waals surface area contributed by atoms with Gasteiger partial charge in [-0.3, -0.25) is 0 Å². The lowest BCUT2D eigenvalue weighted by atomic mass is 10.1. The van der Waals surface area contributed by atoms with Crippen LogP contribution in [0, 0.1) is 0 Å². The van der Waals surface area contributed by atoms with Gasteiger partial charge in [-0.05, 0) is 43.7 Å². The van der Waals surface area contributed by atoms with Gasteiger partial charge >= 0.3 is 0 Å². The van der Waals surface area contributed by atoms with Crippen molar-refractivity contribution in [2.24, 2.45) is 0 Å². The number of anilines is 1. The number of nitrogens with zero attached hydrogens (tertiary/aromatic N) is 1. The second-order valence-electron chi connectivity index (χ2n) is 5.73. The maximum absolute atomic E-state index is 10.3. The van der Waals surface area contributed by atoms with Gasteiger partial charge in [-0.25, -0.2) is 4.98 Å². The number of imidazole rings is 1. The van der Waals surface area contributed by atoms with Crippen LogP contribution in [0.1, 0.15) is 25.5 Å². The molecule has 120 valence electrons. The van der Waals surface area contributed by atoms with Gasteiger partial charge in [0.1, 0.15) is 5.75 Å². The van der Waals surface area contributed by atoms with Crippen LogP contribution in [0.2, 0.25) is 0 Å². The number of hydrogen-bond acceptors (Lipinski definition) is 4. The smallest absolute Gasteiger partial charge is 0.201 e. The summed E-state index contributed by atoms with van der Waals surface area (Å²) in [6.07, 6.45) is -0.475. The number of para-hydroxylation sites is 2. The Morgan fingerprint density at radius 1 is 1.13 bits per heavy atom. The number of rotatable bonds is 6. The Morgan fingerprint density at radius 2 is 1.87 bits per heavy atom. The lowest BCUT2D eigenvalue weighted by Crippen LogP contribution is -2.13. The molecule has 0 aliphatic carbocycles. The quantitative estimate of drug-likeness (QED) is 0.651. The van der Waals surface area contributed by atoms with Gasteiger partial charge in [-0.15, -0.1) is 0 Å². The Labute approximate surface area is 135 Å². The zero-order valence-corrected chi connectivity index (χ0v) is 13.3. The first-order chi connectivity index (χ1) is 11.1. The summed E-state index contributed by atoms with van der Waals surface area (Å²) < 4.78 is 5.60. The number of aromatic nitrogens is 2. The highest BCUT2D eigenvalue weighted by Crippen LogP contribution is 2.20. The number of aliphatic hydroxyl groups excluding tert-OH is 1. The first-order valence-corrected chi connectivity index (χ1v) is 7.75. The van der Waals surface area contributed by atoms with E-state index < -0.39 is 6.10 Å². The molecule has 1 aromatic heterocycles. The first kappa shape index (κ1) is 15.4. The molecule has 0 fully saturated rings. The standard InChI is InChI=1S/C18H21N3O2/c1-12(2)23-14-9-7-13(8-10-14)17(22)11-19-18-20-15-5-3-4-6-16(15)21-18/h3-10,12,17,22H,11H2,1-2H3,(H2,19,20,21). The lowest BCUT2D eigenvalue weighted by Gasteiger charge is -2.13. The topological polar surface area (TPSA) is 70.2 Å². The number of fused-ring (bicyclic) bond motifs is 1. The van der Waals surface area contributed by atoms with Crippen LogP contribution in [-0.4, -0.2) is 27.7 Å². The summed E-state index contributed by atoms with van der Waals surface area (Å²) in [5.74, 6) is 1.46. The molecule has 3 aromatic rings. The van der Waals surface area contributed by atoms with Gasteiger partial charge < -0.3 is 20.1 Å². The fourth-order valence-corrected chi connectivity index (χ4v) is 2.39. The summed E-state index contributed by atoms with van der Waals surface area (Å²) in [5, 5.41) is 13.4. The number of ether oxygens (including phenoxy) is 1. The minimum absolute atomic E-state index is 0.139. The van der Waals surface area contributed by atoms with Gasteiger partial charge in [0, 0.05) is 6.54 Å². The SMILES string of the molecule is CC(C)Oc1ccc(C(O)CNc2nc3ccccc3[nH]2)cc1. The summed E-state index contributed by atoms with van der Waals surface area (Å²) >= 11 is 0. The molecule has 23 heavy (non-hydrogen) atoms. The Kier molecular flexibility index (Phi) is 4.48. The molecule has 2 aromatic carbocycles. The van der Waals surface area contributed by atoms with Crippen LogP contribution >= 0.6 is 0 Å². The number of nitrogens with one attached hydrogen (secondary N) is 2. The van der Waals surface area contributed by atoms with Crippen LogP contribution in [0.4, 0.5) is 5.95 Å². The molecule has 0 aliphatic heterocycles. The highest BCUT2D eigenvalue weighted by molar-refractivity contribution is 5.77. The molecule has 0 radical (unpaired) electrons. The highest BCUT2D eigenvalue weighted by atomic mass is 16.5. The molecular weight excluding hydrogens is 290 g/mol. The summed E-state index contributed by atoms with van der Waals surface area (Å²) in [6.45, 7) is 4.35. The molecule has 3 rings (SSSR count). The van der Waals surface area contributed by atoms with Crippen LogP contribution < -0.4 is 10.1 Å².